The highest BCUT2D eigenvalue weighted by atomic mass is 16.4. The van der Waals surface area contributed by atoms with Crippen LogP contribution in [0.1, 0.15) is 15.9 Å². The third-order valence-corrected chi connectivity index (χ3v) is 2.80. The molecule has 0 aliphatic rings. The second kappa shape index (κ2) is 5.40. The third-order valence-electron chi connectivity index (χ3n) is 2.80. The Kier molecular flexibility index (Phi) is 3.65. The zero-order valence-electron chi connectivity index (χ0n) is 10.4. The van der Waals surface area contributed by atoms with Gasteiger partial charge in [0.15, 0.2) is 11.5 Å². The number of hydrogen-bond donors (Lipinski definition) is 5. The highest BCUT2D eigenvalue weighted by molar-refractivity contribution is 5.94. The molecule has 0 aromatic heterocycles. The molecule has 0 bridgehead atoms. The van der Waals surface area contributed by atoms with Crippen LogP contribution in [0.15, 0.2) is 36.4 Å². The van der Waals surface area contributed by atoms with Gasteiger partial charge in [0.2, 0.25) is 0 Å². The van der Waals surface area contributed by atoms with Gasteiger partial charge in [0.05, 0.1) is 5.56 Å². The fourth-order valence-corrected chi connectivity index (χ4v) is 1.77. The highest BCUT2D eigenvalue weighted by Gasteiger charge is 2.12. The number of anilines is 1. The number of phenolic OH excluding ortho intramolecular Hbond substituents is 3. The number of carbonyl (C=O) groups is 1. The minimum Gasteiger partial charge on any atom is -0.508 e. The van der Waals surface area contributed by atoms with Crippen molar-refractivity contribution < 1.29 is 25.2 Å². The van der Waals surface area contributed by atoms with Crippen LogP contribution in [0.2, 0.25) is 0 Å². The molecule has 2 aromatic carbocycles. The van der Waals surface area contributed by atoms with Gasteiger partial charge in [0, 0.05) is 17.8 Å². The summed E-state index contributed by atoms with van der Waals surface area (Å²) in [6, 6.07) is 8.44. The summed E-state index contributed by atoms with van der Waals surface area (Å²) in [6.07, 6.45) is 0. The summed E-state index contributed by atoms with van der Waals surface area (Å²) in [4.78, 5) is 11.1. The van der Waals surface area contributed by atoms with Gasteiger partial charge in [-0.05, 0) is 24.3 Å². The molecule has 6 nitrogen and oxygen atoms in total. The lowest BCUT2D eigenvalue weighted by molar-refractivity contribution is 0.0697. The van der Waals surface area contributed by atoms with Crippen molar-refractivity contribution in [2.45, 2.75) is 6.54 Å². The third kappa shape index (κ3) is 2.74. The van der Waals surface area contributed by atoms with E-state index in [1.54, 1.807) is 12.1 Å². The second-order valence-corrected chi connectivity index (χ2v) is 4.17. The molecule has 0 heterocycles. The standard InChI is InChI=1S/C14H13NO5/c16-9-4-5-11(10(6-9)14(19)20)15-7-8-2-1-3-12(17)13(8)18/h1-6,15-18H,7H2,(H,19,20). The number of carboxylic acid groups (broad SMARTS) is 1. The molecule has 0 fully saturated rings. The van der Waals surface area contributed by atoms with E-state index in [2.05, 4.69) is 5.32 Å². The number of hydrogen-bond acceptors (Lipinski definition) is 5. The number of para-hydroxylation sites is 1. The Morgan fingerprint density at radius 2 is 1.85 bits per heavy atom. The summed E-state index contributed by atoms with van der Waals surface area (Å²) in [6.45, 7) is 0.130. The Morgan fingerprint density at radius 1 is 1.10 bits per heavy atom. The van der Waals surface area contributed by atoms with E-state index in [4.69, 9.17) is 5.11 Å². The molecule has 0 aliphatic carbocycles. The maximum absolute atomic E-state index is 11.1. The number of rotatable bonds is 4. The van der Waals surface area contributed by atoms with Crippen molar-refractivity contribution in [2.75, 3.05) is 5.32 Å². The summed E-state index contributed by atoms with van der Waals surface area (Å²) in [5.41, 5.74) is 0.650. The van der Waals surface area contributed by atoms with E-state index in [0.717, 1.165) is 6.07 Å². The quantitative estimate of drug-likeness (QED) is 0.432. The molecule has 0 aliphatic heterocycles. The van der Waals surface area contributed by atoms with Crippen molar-refractivity contribution in [3.8, 4) is 17.2 Å². The van der Waals surface area contributed by atoms with Gasteiger partial charge >= 0.3 is 5.97 Å². The van der Waals surface area contributed by atoms with E-state index >= 15 is 0 Å². The van der Waals surface area contributed by atoms with Gasteiger partial charge in [-0.3, -0.25) is 0 Å². The fraction of sp³-hybridized carbons (Fsp3) is 0.0714. The number of carboxylic acids is 1. The SMILES string of the molecule is O=C(O)c1cc(O)ccc1NCc1cccc(O)c1O. The molecule has 104 valence electrons. The normalized spacial score (nSPS) is 10.2. The number of nitrogens with one attached hydrogen (secondary N) is 1. The molecular weight excluding hydrogens is 262 g/mol. The molecule has 2 aromatic rings. The summed E-state index contributed by atoms with van der Waals surface area (Å²) in [5.74, 6) is -1.82. The lowest BCUT2D eigenvalue weighted by Gasteiger charge is -2.11. The molecule has 0 saturated heterocycles. The van der Waals surface area contributed by atoms with E-state index in [-0.39, 0.29) is 29.4 Å². The van der Waals surface area contributed by atoms with Crippen LogP contribution in [-0.2, 0) is 6.54 Å². The van der Waals surface area contributed by atoms with Crippen molar-refractivity contribution >= 4 is 11.7 Å². The number of aromatic hydroxyl groups is 3. The first kappa shape index (κ1) is 13.5. The van der Waals surface area contributed by atoms with Gasteiger partial charge < -0.3 is 25.7 Å². The Balaban J connectivity index is 2.23. The predicted molar refractivity (Wildman–Crippen MR) is 72.2 cm³/mol. The Labute approximate surface area is 114 Å². The lowest BCUT2D eigenvalue weighted by atomic mass is 10.1. The second-order valence-electron chi connectivity index (χ2n) is 4.17. The van der Waals surface area contributed by atoms with Crippen molar-refractivity contribution in [3.05, 3.63) is 47.5 Å². The minimum atomic E-state index is -1.18. The first-order valence-electron chi connectivity index (χ1n) is 5.79. The molecule has 0 atom stereocenters. The molecule has 2 rings (SSSR count). The van der Waals surface area contributed by atoms with Crippen molar-refractivity contribution in [1.82, 2.24) is 0 Å². The summed E-state index contributed by atoms with van der Waals surface area (Å²) in [5, 5.41) is 40.2. The van der Waals surface area contributed by atoms with Crippen LogP contribution in [-0.4, -0.2) is 26.4 Å². The number of aromatic carboxylic acids is 1. The van der Waals surface area contributed by atoms with Gasteiger partial charge in [0.25, 0.3) is 0 Å². The molecule has 0 radical (unpaired) electrons. The van der Waals surface area contributed by atoms with Crippen LogP contribution in [0, 0.1) is 0 Å². The number of phenols is 3. The molecule has 0 saturated carbocycles. The monoisotopic (exact) mass is 275 g/mol. The minimum absolute atomic E-state index is 0.0790. The van der Waals surface area contributed by atoms with Crippen molar-refractivity contribution in [2.24, 2.45) is 0 Å². The summed E-state index contributed by atoms with van der Waals surface area (Å²) >= 11 is 0. The zero-order valence-corrected chi connectivity index (χ0v) is 10.4. The number of benzene rings is 2. The maximum Gasteiger partial charge on any atom is 0.337 e. The molecule has 20 heavy (non-hydrogen) atoms. The molecule has 0 unspecified atom stereocenters. The Hall–Kier alpha value is -2.89. The largest absolute Gasteiger partial charge is 0.508 e. The van der Waals surface area contributed by atoms with Crippen LogP contribution < -0.4 is 5.32 Å². The lowest BCUT2D eigenvalue weighted by Crippen LogP contribution is -2.06. The van der Waals surface area contributed by atoms with Gasteiger partial charge in [-0.2, -0.15) is 0 Å². The molecule has 0 spiro atoms. The molecular formula is C14H13NO5. The molecule has 5 N–H and O–H groups in total. The fourth-order valence-electron chi connectivity index (χ4n) is 1.77. The van der Waals surface area contributed by atoms with E-state index in [0.29, 0.717) is 11.3 Å². The average molecular weight is 275 g/mol. The smallest absolute Gasteiger partial charge is 0.337 e. The van der Waals surface area contributed by atoms with E-state index in [9.17, 15) is 20.1 Å². The van der Waals surface area contributed by atoms with Crippen LogP contribution in [0.4, 0.5) is 5.69 Å². The van der Waals surface area contributed by atoms with Crippen LogP contribution in [0.5, 0.6) is 17.2 Å². The topological polar surface area (TPSA) is 110 Å². The zero-order chi connectivity index (χ0) is 14.7. The first-order chi connectivity index (χ1) is 9.49. The van der Waals surface area contributed by atoms with Crippen LogP contribution >= 0.6 is 0 Å². The van der Waals surface area contributed by atoms with Gasteiger partial charge in [-0.15, -0.1) is 0 Å². The molecule has 0 amide bonds. The van der Waals surface area contributed by atoms with Gasteiger partial charge in [0.1, 0.15) is 5.75 Å². The predicted octanol–water partition coefficient (Wildman–Crippen LogP) is 2.11. The van der Waals surface area contributed by atoms with Crippen LogP contribution in [0.25, 0.3) is 0 Å². The van der Waals surface area contributed by atoms with Gasteiger partial charge in [-0.1, -0.05) is 12.1 Å². The van der Waals surface area contributed by atoms with Gasteiger partial charge in [-0.25, -0.2) is 4.79 Å². The summed E-state index contributed by atoms with van der Waals surface area (Å²) in [7, 11) is 0. The highest BCUT2D eigenvalue weighted by Crippen LogP contribution is 2.29. The first-order valence-corrected chi connectivity index (χ1v) is 5.79. The van der Waals surface area contributed by atoms with E-state index in [1.807, 2.05) is 0 Å². The van der Waals surface area contributed by atoms with Crippen molar-refractivity contribution in [1.29, 1.82) is 0 Å². The Bertz CT molecular complexity index is 654. The van der Waals surface area contributed by atoms with Crippen molar-refractivity contribution in [3.63, 3.8) is 0 Å². The maximum atomic E-state index is 11.1. The summed E-state index contributed by atoms with van der Waals surface area (Å²) < 4.78 is 0. The average Bonchev–Trinajstić information content (AvgIpc) is 2.41. The van der Waals surface area contributed by atoms with E-state index < -0.39 is 5.97 Å². The van der Waals surface area contributed by atoms with Crippen LogP contribution in [0.3, 0.4) is 0 Å². The van der Waals surface area contributed by atoms with E-state index in [1.165, 1.54) is 18.2 Å². The Morgan fingerprint density at radius 3 is 2.55 bits per heavy atom. The molecule has 6 heteroatoms.